The van der Waals surface area contributed by atoms with Crippen molar-refractivity contribution in [3.63, 3.8) is 0 Å². The van der Waals surface area contributed by atoms with Crippen LogP contribution in [0.2, 0.25) is 0 Å². The van der Waals surface area contributed by atoms with E-state index in [4.69, 9.17) is 14.2 Å². The summed E-state index contributed by atoms with van der Waals surface area (Å²) in [5, 5.41) is 0. The summed E-state index contributed by atoms with van der Waals surface area (Å²) in [4.78, 5) is 25.3. The van der Waals surface area contributed by atoms with Crippen LogP contribution in [0.25, 0.3) is 0 Å². The summed E-state index contributed by atoms with van der Waals surface area (Å²) >= 11 is 0. The molecule has 0 saturated heterocycles. The normalized spacial score (nSPS) is 12.8. The first-order chi connectivity index (χ1) is 27.6. The SMILES string of the molecule is CC/C=C\C/C=C\C/C=C\C/C=C\CCCCC(=O)OCC(COCCCCCCCCCCCCCC)OC(=O)CCCCCCC/C=C\C/C=C\CCC. The Labute approximate surface area is 347 Å². The lowest BCUT2D eigenvalue weighted by atomic mass is 10.1. The molecule has 5 nitrogen and oxygen atoms in total. The van der Waals surface area contributed by atoms with Crippen LogP contribution in [0.5, 0.6) is 0 Å². The minimum absolute atomic E-state index is 0.0573. The van der Waals surface area contributed by atoms with Crippen molar-refractivity contribution in [2.24, 2.45) is 0 Å². The average molecular weight is 781 g/mol. The van der Waals surface area contributed by atoms with E-state index in [2.05, 4.69) is 93.7 Å². The van der Waals surface area contributed by atoms with Gasteiger partial charge in [-0.25, -0.2) is 0 Å². The smallest absolute Gasteiger partial charge is 0.306 e. The van der Waals surface area contributed by atoms with E-state index in [1.54, 1.807) is 0 Å². The number of allylic oxidation sites excluding steroid dienone is 12. The van der Waals surface area contributed by atoms with Gasteiger partial charge in [0.2, 0.25) is 0 Å². The van der Waals surface area contributed by atoms with Crippen molar-refractivity contribution in [1.82, 2.24) is 0 Å². The van der Waals surface area contributed by atoms with Gasteiger partial charge in [-0.15, -0.1) is 0 Å². The van der Waals surface area contributed by atoms with Gasteiger partial charge in [0.05, 0.1) is 6.61 Å². The number of carbonyl (C=O) groups is 2. The van der Waals surface area contributed by atoms with Gasteiger partial charge < -0.3 is 14.2 Å². The zero-order valence-electron chi connectivity index (χ0n) is 36.9. The molecule has 0 aromatic rings. The maximum absolute atomic E-state index is 12.7. The minimum Gasteiger partial charge on any atom is -0.462 e. The van der Waals surface area contributed by atoms with E-state index >= 15 is 0 Å². The second-order valence-electron chi connectivity index (χ2n) is 15.3. The van der Waals surface area contributed by atoms with Crippen LogP contribution in [0.4, 0.5) is 0 Å². The van der Waals surface area contributed by atoms with Gasteiger partial charge in [0, 0.05) is 19.4 Å². The molecule has 0 aromatic carbocycles. The van der Waals surface area contributed by atoms with Gasteiger partial charge in [-0.05, 0) is 83.5 Å². The second kappa shape index (κ2) is 46.7. The van der Waals surface area contributed by atoms with Crippen LogP contribution in [0, 0.1) is 0 Å². The molecule has 5 heteroatoms. The second-order valence-corrected chi connectivity index (χ2v) is 15.3. The molecular weight excluding hydrogens is 693 g/mol. The zero-order valence-corrected chi connectivity index (χ0v) is 36.9. The average Bonchev–Trinajstić information content (AvgIpc) is 3.20. The highest BCUT2D eigenvalue weighted by atomic mass is 16.6. The molecule has 0 aliphatic rings. The first-order valence-electron chi connectivity index (χ1n) is 23.5. The van der Waals surface area contributed by atoms with Crippen molar-refractivity contribution in [3.8, 4) is 0 Å². The van der Waals surface area contributed by atoms with Gasteiger partial charge >= 0.3 is 11.9 Å². The molecule has 1 unspecified atom stereocenters. The van der Waals surface area contributed by atoms with E-state index < -0.39 is 6.10 Å². The molecule has 0 aliphatic carbocycles. The molecule has 0 fully saturated rings. The number of ether oxygens (including phenoxy) is 3. The monoisotopic (exact) mass is 781 g/mol. The Hall–Kier alpha value is -2.66. The molecule has 0 amide bonds. The Morgan fingerprint density at radius 2 is 0.839 bits per heavy atom. The molecule has 0 aromatic heterocycles. The highest BCUT2D eigenvalue weighted by Crippen LogP contribution is 2.13. The predicted molar refractivity (Wildman–Crippen MR) is 242 cm³/mol. The van der Waals surface area contributed by atoms with Crippen LogP contribution < -0.4 is 0 Å². The molecule has 0 N–H and O–H groups in total. The van der Waals surface area contributed by atoms with Crippen molar-refractivity contribution >= 4 is 11.9 Å². The Balaban J connectivity index is 4.35. The summed E-state index contributed by atoms with van der Waals surface area (Å²) < 4.78 is 17.3. The summed E-state index contributed by atoms with van der Waals surface area (Å²) in [6.45, 7) is 7.59. The lowest BCUT2D eigenvalue weighted by Crippen LogP contribution is -2.30. The van der Waals surface area contributed by atoms with E-state index in [1.165, 1.54) is 83.5 Å². The molecule has 0 radical (unpaired) electrons. The quantitative estimate of drug-likeness (QED) is 0.0351. The lowest BCUT2D eigenvalue weighted by Gasteiger charge is -2.18. The molecular formula is C51H88O5. The molecule has 56 heavy (non-hydrogen) atoms. The number of unbranched alkanes of at least 4 members (excludes halogenated alkanes) is 19. The fourth-order valence-corrected chi connectivity index (χ4v) is 6.24. The number of carbonyl (C=O) groups excluding carboxylic acids is 2. The number of hydrogen-bond donors (Lipinski definition) is 0. The molecule has 1 atom stereocenters. The summed E-state index contributed by atoms with van der Waals surface area (Å²) in [5.41, 5.74) is 0. The summed E-state index contributed by atoms with van der Waals surface area (Å²) in [6, 6.07) is 0. The Morgan fingerprint density at radius 1 is 0.411 bits per heavy atom. The Kier molecular flexibility index (Phi) is 44.5. The topological polar surface area (TPSA) is 61.8 Å². The number of rotatable bonds is 42. The van der Waals surface area contributed by atoms with Crippen molar-refractivity contribution in [2.45, 2.75) is 219 Å². The zero-order chi connectivity index (χ0) is 40.7. The maximum Gasteiger partial charge on any atom is 0.306 e. The van der Waals surface area contributed by atoms with E-state index in [9.17, 15) is 9.59 Å². The minimum atomic E-state index is -0.559. The highest BCUT2D eigenvalue weighted by molar-refractivity contribution is 5.70. The summed E-state index contributed by atoms with van der Waals surface area (Å²) in [5.74, 6) is -0.461. The molecule has 0 bridgehead atoms. The van der Waals surface area contributed by atoms with Gasteiger partial charge in [0.1, 0.15) is 6.61 Å². The van der Waals surface area contributed by atoms with Gasteiger partial charge in [0.15, 0.2) is 6.10 Å². The van der Waals surface area contributed by atoms with Crippen molar-refractivity contribution < 1.29 is 23.8 Å². The lowest BCUT2D eigenvalue weighted by molar-refractivity contribution is -0.163. The molecule has 0 aliphatic heterocycles. The standard InChI is InChI=1S/C51H88O5/c1-4-7-10-13-16-19-22-25-26-28-29-32-35-38-41-44-50(52)55-48-49(47-54-46-43-40-37-34-31-24-21-18-15-12-9-6-3)56-51(53)45-42-39-36-33-30-27-23-20-17-14-11-8-5-2/h7,10-11,14,16,19-20,23,25-26,29,32,49H,4-6,8-9,12-13,15,17-18,21-22,24,27-28,30-31,33-48H2,1-3H3/b10-7-,14-11-,19-16-,23-20-,26-25-,32-29-. The van der Waals surface area contributed by atoms with Crippen molar-refractivity contribution in [2.75, 3.05) is 19.8 Å². The third-order valence-electron chi connectivity index (χ3n) is 9.71. The van der Waals surface area contributed by atoms with Crippen LogP contribution in [0.3, 0.4) is 0 Å². The number of esters is 2. The molecule has 322 valence electrons. The van der Waals surface area contributed by atoms with Crippen LogP contribution in [-0.4, -0.2) is 37.9 Å². The van der Waals surface area contributed by atoms with Crippen LogP contribution in [0.15, 0.2) is 72.9 Å². The molecule has 0 heterocycles. The first-order valence-corrected chi connectivity index (χ1v) is 23.5. The Bertz CT molecular complexity index is 1020. The van der Waals surface area contributed by atoms with E-state index in [0.717, 1.165) is 96.3 Å². The summed E-state index contributed by atoms with van der Waals surface area (Å²) in [6.07, 6.45) is 59.0. The molecule has 0 rings (SSSR count). The van der Waals surface area contributed by atoms with E-state index in [-0.39, 0.29) is 25.2 Å². The van der Waals surface area contributed by atoms with Crippen molar-refractivity contribution in [1.29, 1.82) is 0 Å². The fraction of sp³-hybridized carbons (Fsp3) is 0.725. The summed E-state index contributed by atoms with van der Waals surface area (Å²) in [7, 11) is 0. The molecule has 0 spiro atoms. The number of hydrogen-bond acceptors (Lipinski definition) is 5. The van der Waals surface area contributed by atoms with E-state index in [0.29, 0.717) is 19.4 Å². The van der Waals surface area contributed by atoms with Crippen molar-refractivity contribution in [3.05, 3.63) is 72.9 Å². The largest absolute Gasteiger partial charge is 0.462 e. The van der Waals surface area contributed by atoms with Crippen LogP contribution in [0.1, 0.15) is 213 Å². The third-order valence-corrected chi connectivity index (χ3v) is 9.71. The molecule has 0 saturated carbocycles. The van der Waals surface area contributed by atoms with Crippen LogP contribution >= 0.6 is 0 Å². The fourth-order valence-electron chi connectivity index (χ4n) is 6.24. The first kappa shape index (κ1) is 53.3. The van der Waals surface area contributed by atoms with Gasteiger partial charge in [-0.1, -0.05) is 190 Å². The van der Waals surface area contributed by atoms with Crippen LogP contribution in [-0.2, 0) is 23.8 Å². The van der Waals surface area contributed by atoms with Gasteiger partial charge in [-0.2, -0.15) is 0 Å². The highest BCUT2D eigenvalue weighted by Gasteiger charge is 2.17. The maximum atomic E-state index is 12.7. The van der Waals surface area contributed by atoms with Gasteiger partial charge in [0.25, 0.3) is 0 Å². The third kappa shape index (κ3) is 44.1. The van der Waals surface area contributed by atoms with E-state index in [1.807, 2.05) is 0 Å². The predicted octanol–water partition coefficient (Wildman–Crippen LogP) is 15.6. The van der Waals surface area contributed by atoms with Gasteiger partial charge in [-0.3, -0.25) is 9.59 Å². The Morgan fingerprint density at radius 3 is 1.39 bits per heavy atom.